The van der Waals surface area contributed by atoms with E-state index in [1.54, 1.807) is 36.7 Å². The summed E-state index contributed by atoms with van der Waals surface area (Å²) < 4.78 is 6.00. The van der Waals surface area contributed by atoms with Crippen LogP contribution in [0.25, 0.3) is 10.9 Å². The molecular weight excluding hydrogens is 451 g/mol. The van der Waals surface area contributed by atoms with Gasteiger partial charge in [0.1, 0.15) is 17.5 Å². The number of aliphatic hydroxyl groups is 1. The molecule has 2 aromatic heterocycles. The first-order valence-corrected chi connectivity index (χ1v) is 11.2. The van der Waals surface area contributed by atoms with Crippen LogP contribution in [0.1, 0.15) is 23.3 Å². The zero-order valence-corrected chi connectivity index (χ0v) is 18.9. The molecule has 1 amide bonds. The summed E-state index contributed by atoms with van der Waals surface area (Å²) in [6.45, 7) is 2.25. The van der Waals surface area contributed by atoms with Gasteiger partial charge in [-0.15, -0.1) is 0 Å². The first-order chi connectivity index (χ1) is 15.5. The van der Waals surface area contributed by atoms with Crippen molar-refractivity contribution in [3.05, 3.63) is 64.5 Å². The molecule has 1 fully saturated rings. The van der Waals surface area contributed by atoms with E-state index in [1.807, 2.05) is 12.1 Å². The van der Waals surface area contributed by atoms with Crippen molar-refractivity contribution in [2.75, 3.05) is 26.2 Å². The number of piperidine rings is 1. The van der Waals surface area contributed by atoms with Crippen molar-refractivity contribution in [1.29, 1.82) is 0 Å². The van der Waals surface area contributed by atoms with Crippen LogP contribution in [0.15, 0.2) is 48.8 Å². The molecule has 168 valence electrons. The summed E-state index contributed by atoms with van der Waals surface area (Å²) in [7, 11) is 0. The molecule has 0 spiro atoms. The summed E-state index contributed by atoms with van der Waals surface area (Å²) in [4.78, 5) is 23.0. The minimum Gasteiger partial charge on any atom is -0.490 e. The largest absolute Gasteiger partial charge is 0.490 e. The molecule has 0 radical (unpaired) electrons. The highest BCUT2D eigenvalue weighted by molar-refractivity contribution is 6.42. The number of nitrogens with one attached hydrogen (secondary N) is 1. The fourth-order valence-electron chi connectivity index (χ4n) is 3.71. The van der Waals surface area contributed by atoms with Crippen molar-refractivity contribution in [2.24, 2.45) is 0 Å². The predicted molar refractivity (Wildman–Crippen MR) is 124 cm³/mol. The minimum absolute atomic E-state index is 0.0921. The highest BCUT2D eigenvalue weighted by atomic mass is 35.5. The molecule has 3 heterocycles. The van der Waals surface area contributed by atoms with Crippen molar-refractivity contribution in [3.63, 3.8) is 0 Å². The van der Waals surface area contributed by atoms with Crippen LogP contribution in [-0.2, 0) is 0 Å². The number of nitrogens with zero attached hydrogens (tertiary/aromatic N) is 3. The summed E-state index contributed by atoms with van der Waals surface area (Å²) in [5.74, 6) is 0.399. The van der Waals surface area contributed by atoms with Gasteiger partial charge in [-0.1, -0.05) is 23.2 Å². The van der Waals surface area contributed by atoms with Gasteiger partial charge in [-0.25, -0.2) is 4.98 Å². The maximum Gasteiger partial charge on any atom is 0.269 e. The molecule has 1 aliphatic heterocycles. The van der Waals surface area contributed by atoms with Crippen LogP contribution >= 0.6 is 23.2 Å². The number of carbonyl (C=O) groups excluding carboxylic acids is 1. The van der Waals surface area contributed by atoms with Crippen LogP contribution in [0.5, 0.6) is 5.75 Å². The van der Waals surface area contributed by atoms with Gasteiger partial charge in [-0.05, 0) is 43.2 Å². The van der Waals surface area contributed by atoms with Gasteiger partial charge in [0.15, 0.2) is 0 Å². The van der Waals surface area contributed by atoms with E-state index in [-0.39, 0.29) is 18.6 Å². The number of rotatable bonds is 7. The lowest BCUT2D eigenvalue weighted by atomic mass is 10.1. The van der Waals surface area contributed by atoms with Gasteiger partial charge in [0.05, 0.1) is 21.7 Å². The number of aromatic nitrogens is 2. The first-order valence-electron chi connectivity index (χ1n) is 10.5. The van der Waals surface area contributed by atoms with E-state index in [4.69, 9.17) is 27.9 Å². The Morgan fingerprint density at radius 1 is 1.19 bits per heavy atom. The van der Waals surface area contributed by atoms with Gasteiger partial charge in [0.2, 0.25) is 0 Å². The Kier molecular flexibility index (Phi) is 7.42. The normalized spacial score (nSPS) is 16.1. The lowest BCUT2D eigenvalue weighted by molar-refractivity contribution is 0.0593. The number of β-amino-alcohol motifs (C(OH)–C–C–N with tert-alkyl or cyclic N) is 1. The monoisotopic (exact) mass is 474 g/mol. The molecule has 0 bridgehead atoms. The third kappa shape index (κ3) is 5.86. The van der Waals surface area contributed by atoms with E-state index in [1.165, 1.54) is 0 Å². The van der Waals surface area contributed by atoms with Crippen LogP contribution < -0.4 is 10.1 Å². The quantitative estimate of drug-likeness (QED) is 0.544. The second-order valence-electron chi connectivity index (χ2n) is 7.82. The average Bonchev–Trinajstić information content (AvgIpc) is 2.81. The molecule has 1 atom stereocenters. The number of carbonyl (C=O) groups is 1. The maximum atomic E-state index is 12.4. The SMILES string of the molecule is O=C(NC[C@@H](O)CN1CCC(Oc2ccc(Cl)c(Cl)c2)CC1)c1ccc2cnccc2n1. The van der Waals surface area contributed by atoms with E-state index >= 15 is 0 Å². The zero-order valence-electron chi connectivity index (χ0n) is 17.4. The Morgan fingerprint density at radius 2 is 2.00 bits per heavy atom. The van der Waals surface area contributed by atoms with E-state index in [0.717, 1.165) is 31.3 Å². The molecule has 32 heavy (non-hydrogen) atoms. The maximum absolute atomic E-state index is 12.4. The molecule has 2 N–H and O–H groups in total. The zero-order chi connectivity index (χ0) is 22.5. The number of hydrogen-bond donors (Lipinski definition) is 2. The Hall–Kier alpha value is -2.45. The standard InChI is InChI=1S/C23H24Cl2N4O3/c24-19-3-2-18(11-20(19)25)32-17-6-9-29(10-7-17)14-16(30)13-27-23(31)22-4-1-15-12-26-8-5-21(15)28-22/h1-5,8,11-12,16-17,30H,6-7,9-10,13-14H2,(H,27,31)/t16-/m1/s1. The van der Waals surface area contributed by atoms with Crippen molar-refractivity contribution < 1.29 is 14.6 Å². The van der Waals surface area contributed by atoms with Crippen molar-refractivity contribution in [2.45, 2.75) is 25.0 Å². The number of benzene rings is 1. The van der Waals surface area contributed by atoms with Gasteiger partial charge in [0.25, 0.3) is 5.91 Å². The molecule has 1 aliphatic rings. The Labute approximate surface area is 196 Å². The van der Waals surface area contributed by atoms with Crippen LogP contribution in [-0.4, -0.2) is 64.3 Å². The molecule has 0 saturated carbocycles. The molecule has 7 nitrogen and oxygen atoms in total. The Bertz CT molecular complexity index is 1090. The highest BCUT2D eigenvalue weighted by Gasteiger charge is 2.23. The van der Waals surface area contributed by atoms with E-state index in [0.29, 0.717) is 33.6 Å². The van der Waals surface area contributed by atoms with Crippen LogP contribution in [0, 0.1) is 0 Å². The fraction of sp³-hybridized carbons (Fsp3) is 0.348. The lowest BCUT2D eigenvalue weighted by Crippen LogP contribution is -2.45. The minimum atomic E-state index is -0.670. The number of fused-ring (bicyclic) bond motifs is 1. The third-order valence-electron chi connectivity index (χ3n) is 5.42. The summed E-state index contributed by atoms with van der Waals surface area (Å²) in [5, 5.41) is 15.0. The molecule has 3 aromatic rings. The number of halogens is 2. The molecule has 0 unspecified atom stereocenters. The smallest absolute Gasteiger partial charge is 0.269 e. The lowest BCUT2D eigenvalue weighted by Gasteiger charge is -2.33. The Morgan fingerprint density at radius 3 is 2.78 bits per heavy atom. The van der Waals surface area contributed by atoms with Crippen molar-refractivity contribution in [3.8, 4) is 5.75 Å². The molecule has 1 aromatic carbocycles. The summed E-state index contributed by atoms with van der Waals surface area (Å²) in [6.07, 6.45) is 4.45. The predicted octanol–water partition coefficient (Wildman–Crippen LogP) is 3.57. The summed E-state index contributed by atoms with van der Waals surface area (Å²) >= 11 is 12.0. The molecule has 1 saturated heterocycles. The number of aliphatic hydroxyl groups excluding tert-OH is 1. The molecule has 4 rings (SSSR count). The number of hydrogen-bond acceptors (Lipinski definition) is 6. The number of ether oxygens (including phenoxy) is 1. The second kappa shape index (κ2) is 10.4. The van der Waals surface area contributed by atoms with E-state index in [9.17, 15) is 9.90 Å². The highest BCUT2D eigenvalue weighted by Crippen LogP contribution is 2.28. The summed E-state index contributed by atoms with van der Waals surface area (Å²) in [5.41, 5.74) is 1.02. The molecule has 0 aliphatic carbocycles. The second-order valence-corrected chi connectivity index (χ2v) is 8.64. The van der Waals surface area contributed by atoms with Gasteiger partial charge < -0.3 is 20.1 Å². The number of amides is 1. The number of pyridine rings is 2. The third-order valence-corrected chi connectivity index (χ3v) is 6.16. The van der Waals surface area contributed by atoms with Crippen molar-refractivity contribution >= 4 is 40.0 Å². The Balaban J connectivity index is 1.20. The van der Waals surface area contributed by atoms with Gasteiger partial charge in [-0.2, -0.15) is 0 Å². The summed E-state index contributed by atoms with van der Waals surface area (Å²) in [6, 6.07) is 10.5. The van der Waals surface area contributed by atoms with Gasteiger partial charge in [0, 0.05) is 50.0 Å². The molecular formula is C23H24Cl2N4O3. The average molecular weight is 475 g/mol. The van der Waals surface area contributed by atoms with Gasteiger partial charge >= 0.3 is 0 Å². The fourth-order valence-corrected chi connectivity index (χ4v) is 4.00. The van der Waals surface area contributed by atoms with Gasteiger partial charge in [-0.3, -0.25) is 9.78 Å². The van der Waals surface area contributed by atoms with Crippen molar-refractivity contribution in [1.82, 2.24) is 20.2 Å². The van der Waals surface area contributed by atoms with E-state index < -0.39 is 6.10 Å². The van der Waals surface area contributed by atoms with Crippen LogP contribution in [0.4, 0.5) is 0 Å². The van der Waals surface area contributed by atoms with Crippen LogP contribution in [0.2, 0.25) is 10.0 Å². The van der Waals surface area contributed by atoms with E-state index in [2.05, 4.69) is 20.2 Å². The molecule has 9 heteroatoms. The topological polar surface area (TPSA) is 87.6 Å². The number of likely N-dealkylation sites (tertiary alicyclic amines) is 1. The van der Waals surface area contributed by atoms with Crippen LogP contribution in [0.3, 0.4) is 0 Å². The first kappa shape index (κ1) is 22.7.